The summed E-state index contributed by atoms with van der Waals surface area (Å²) in [6.45, 7) is 3.84. The van der Waals surface area contributed by atoms with Gasteiger partial charge >= 0.3 is 0 Å². The number of aromatic nitrogens is 2. The third kappa shape index (κ3) is 6.60. The van der Waals surface area contributed by atoms with Crippen LogP contribution in [0.15, 0.2) is 23.5 Å². The van der Waals surface area contributed by atoms with Crippen molar-refractivity contribution in [1.82, 2.24) is 25.3 Å². The van der Waals surface area contributed by atoms with Crippen LogP contribution in [0.1, 0.15) is 38.5 Å². The smallest absolute Gasteiger partial charge is 0.191 e. The second-order valence-electron chi connectivity index (χ2n) is 6.32. The summed E-state index contributed by atoms with van der Waals surface area (Å²) in [6, 6.07) is 2.73. The van der Waals surface area contributed by atoms with Crippen LogP contribution in [0.4, 0.5) is 0 Å². The molecule has 1 fully saturated rings. The van der Waals surface area contributed by atoms with Crippen molar-refractivity contribution in [3.8, 4) is 0 Å². The Morgan fingerprint density at radius 2 is 2.04 bits per heavy atom. The van der Waals surface area contributed by atoms with Crippen LogP contribution in [0.2, 0.25) is 0 Å². The summed E-state index contributed by atoms with van der Waals surface area (Å²) in [5.74, 6) is 0.891. The second kappa shape index (κ2) is 10.3. The Morgan fingerprint density at radius 1 is 1.26 bits per heavy atom. The maximum Gasteiger partial charge on any atom is 0.191 e. The summed E-state index contributed by atoms with van der Waals surface area (Å²) >= 11 is 0. The van der Waals surface area contributed by atoms with Crippen molar-refractivity contribution in [2.24, 2.45) is 4.99 Å². The molecule has 0 atom stereocenters. The van der Waals surface area contributed by atoms with Gasteiger partial charge in [0.2, 0.25) is 0 Å². The van der Waals surface area contributed by atoms with Gasteiger partial charge in [0.05, 0.1) is 0 Å². The first kappa shape index (κ1) is 17.8. The zero-order chi connectivity index (χ0) is 16.3. The summed E-state index contributed by atoms with van der Waals surface area (Å²) in [5.41, 5.74) is 0. The SMILES string of the molecule is CN=C(NCCCn1cccn1)NCCN(C)C1CCCCC1. The van der Waals surface area contributed by atoms with E-state index in [-0.39, 0.29) is 0 Å². The predicted octanol–water partition coefficient (Wildman–Crippen LogP) is 1.70. The van der Waals surface area contributed by atoms with E-state index in [1.165, 1.54) is 32.1 Å². The zero-order valence-corrected chi connectivity index (χ0v) is 14.7. The summed E-state index contributed by atoms with van der Waals surface area (Å²) in [7, 11) is 4.08. The third-order valence-corrected chi connectivity index (χ3v) is 4.59. The molecule has 0 radical (unpaired) electrons. The molecule has 1 aliphatic carbocycles. The Labute approximate surface area is 140 Å². The fourth-order valence-electron chi connectivity index (χ4n) is 3.16. The average molecular weight is 320 g/mol. The van der Waals surface area contributed by atoms with E-state index in [4.69, 9.17) is 0 Å². The minimum Gasteiger partial charge on any atom is -0.356 e. The molecule has 2 N–H and O–H groups in total. The number of nitrogens with zero attached hydrogens (tertiary/aromatic N) is 4. The standard InChI is InChI=1S/C17H32N6/c1-18-17(19-10-6-13-23-14-7-11-21-23)20-12-15-22(2)16-8-4-3-5-9-16/h7,11,14,16H,3-6,8-10,12-13,15H2,1-2H3,(H2,18,19,20). The number of likely N-dealkylation sites (N-methyl/N-ethyl adjacent to an activating group) is 1. The van der Waals surface area contributed by atoms with Gasteiger partial charge in [0.15, 0.2) is 5.96 Å². The molecule has 1 aliphatic rings. The number of hydrogen-bond donors (Lipinski definition) is 2. The Morgan fingerprint density at radius 3 is 2.74 bits per heavy atom. The Bertz CT molecular complexity index is 436. The van der Waals surface area contributed by atoms with Crippen molar-refractivity contribution in [1.29, 1.82) is 0 Å². The number of aryl methyl sites for hydroxylation is 1. The van der Waals surface area contributed by atoms with Crippen LogP contribution >= 0.6 is 0 Å². The number of guanidine groups is 1. The molecule has 23 heavy (non-hydrogen) atoms. The van der Waals surface area contributed by atoms with E-state index in [2.05, 4.69) is 32.7 Å². The molecule has 0 spiro atoms. The van der Waals surface area contributed by atoms with Crippen LogP contribution in [0, 0.1) is 0 Å². The first-order valence-corrected chi connectivity index (χ1v) is 8.92. The zero-order valence-electron chi connectivity index (χ0n) is 14.7. The van der Waals surface area contributed by atoms with Crippen molar-refractivity contribution < 1.29 is 0 Å². The molecule has 2 rings (SSSR count). The van der Waals surface area contributed by atoms with Crippen molar-refractivity contribution in [3.05, 3.63) is 18.5 Å². The van der Waals surface area contributed by atoms with E-state index in [0.29, 0.717) is 0 Å². The number of hydrogen-bond acceptors (Lipinski definition) is 3. The van der Waals surface area contributed by atoms with Gasteiger partial charge in [-0.1, -0.05) is 19.3 Å². The van der Waals surface area contributed by atoms with E-state index < -0.39 is 0 Å². The Kier molecular flexibility index (Phi) is 7.93. The minimum absolute atomic E-state index is 0.773. The fraction of sp³-hybridized carbons (Fsp3) is 0.765. The Balaban J connectivity index is 1.55. The van der Waals surface area contributed by atoms with Crippen LogP contribution in [-0.2, 0) is 6.54 Å². The summed E-state index contributed by atoms with van der Waals surface area (Å²) in [4.78, 5) is 6.78. The van der Waals surface area contributed by atoms with Gasteiger partial charge in [-0.05, 0) is 32.4 Å². The Hall–Kier alpha value is -1.56. The van der Waals surface area contributed by atoms with Gasteiger partial charge in [-0.15, -0.1) is 0 Å². The van der Waals surface area contributed by atoms with Gasteiger partial charge in [-0.25, -0.2) is 0 Å². The highest BCUT2D eigenvalue weighted by Crippen LogP contribution is 2.21. The normalized spacial score (nSPS) is 16.7. The van der Waals surface area contributed by atoms with Gasteiger partial charge < -0.3 is 15.5 Å². The van der Waals surface area contributed by atoms with E-state index in [1.807, 2.05) is 30.2 Å². The van der Waals surface area contributed by atoms with E-state index in [9.17, 15) is 0 Å². The van der Waals surface area contributed by atoms with E-state index in [1.54, 1.807) is 0 Å². The molecule has 130 valence electrons. The van der Waals surface area contributed by atoms with Gasteiger partial charge in [-0.3, -0.25) is 9.67 Å². The molecule has 0 unspecified atom stereocenters. The van der Waals surface area contributed by atoms with Crippen LogP contribution in [0.25, 0.3) is 0 Å². The molecule has 0 amide bonds. The molecule has 1 heterocycles. The van der Waals surface area contributed by atoms with E-state index in [0.717, 1.165) is 44.6 Å². The molecule has 0 saturated heterocycles. The monoisotopic (exact) mass is 320 g/mol. The van der Waals surface area contributed by atoms with Gasteiger partial charge in [0.25, 0.3) is 0 Å². The summed E-state index contributed by atoms with van der Waals surface area (Å²) < 4.78 is 1.96. The van der Waals surface area contributed by atoms with Crippen LogP contribution in [0.5, 0.6) is 0 Å². The lowest BCUT2D eigenvalue weighted by atomic mass is 9.94. The molecule has 1 aromatic heterocycles. The van der Waals surface area contributed by atoms with Crippen molar-refractivity contribution in [2.45, 2.75) is 51.1 Å². The predicted molar refractivity (Wildman–Crippen MR) is 95.7 cm³/mol. The maximum absolute atomic E-state index is 4.29. The molecular weight excluding hydrogens is 288 g/mol. The highest BCUT2D eigenvalue weighted by molar-refractivity contribution is 5.79. The first-order valence-electron chi connectivity index (χ1n) is 8.92. The molecule has 0 aliphatic heterocycles. The molecule has 6 heteroatoms. The highest BCUT2D eigenvalue weighted by atomic mass is 15.3. The van der Waals surface area contributed by atoms with Crippen LogP contribution in [-0.4, -0.2) is 60.4 Å². The number of rotatable bonds is 8. The van der Waals surface area contributed by atoms with Crippen molar-refractivity contribution in [2.75, 3.05) is 33.7 Å². The van der Waals surface area contributed by atoms with Crippen LogP contribution < -0.4 is 10.6 Å². The van der Waals surface area contributed by atoms with Crippen LogP contribution in [0.3, 0.4) is 0 Å². The lowest BCUT2D eigenvalue weighted by molar-refractivity contribution is 0.194. The minimum atomic E-state index is 0.773. The van der Waals surface area contributed by atoms with Gasteiger partial charge in [0.1, 0.15) is 0 Å². The summed E-state index contributed by atoms with van der Waals surface area (Å²) in [5, 5.41) is 11.0. The quantitative estimate of drug-likeness (QED) is 0.435. The number of aliphatic imine (C=N–C) groups is 1. The van der Waals surface area contributed by atoms with E-state index >= 15 is 0 Å². The average Bonchev–Trinajstić information content (AvgIpc) is 3.11. The fourth-order valence-corrected chi connectivity index (χ4v) is 3.16. The largest absolute Gasteiger partial charge is 0.356 e. The number of nitrogens with one attached hydrogen (secondary N) is 2. The lowest BCUT2D eigenvalue weighted by Crippen LogP contribution is -2.43. The topological polar surface area (TPSA) is 57.5 Å². The van der Waals surface area contributed by atoms with Gasteiger partial charge in [0, 0.05) is 51.7 Å². The van der Waals surface area contributed by atoms with Crippen molar-refractivity contribution >= 4 is 5.96 Å². The highest BCUT2D eigenvalue weighted by Gasteiger charge is 2.17. The molecule has 0 bridgehead atoms. The molecule has 1 aromatic rings. The van der Waals surface area contributed by atoms with Crippen molar-refractivity contribution in [3.63, 3.8) is 0 Å². The molecule has 0 aromatic carbocycles. The molecular formula is C17H32N6. The lowest BCUT2D eigenvalue weighted by Gasteiger charge is -2.31. The molecule has 6 nitrogen and oxygen atoms in total. The summed E-state index contributed by atoms with van der Waals surface area (Å²) in [6.07, 6.45) is 11.8. The third-order valence-electron chi connectivity index (χ3n) is 4.59. The first-order chi connectivity index (χ1) is 11.3. The van der Waals surface area contributed by atoms with Gasteiger partial charge in [-0.2, -0.15) is 5.10 Å². The second-order valence-corrected chi connectivity index (χ2v) is 6.32. The maximum atomic E-state index is 4.29. The molecule has 1 saturated carbocycles.